The van der Waals surface area contributed by atoms with Gasteiger partial charge >= 0.3 is 6.18 Å². The second-order valence-corrected chi connectivity index (χ2v) is 10.1. The number of aromatic nitrogens is 2. The van der Waals surface area contributed by atoms with E-state index >= 15 is 0 Å². The number of fused-ring (bicyclic) bond motifs is 1. The maximum absolute atomic E-state index is 13.2. The lowest BCUT2D eigenvalue weighted by Crippen LogP contribution is -2.24. The summed E-state index contributed by atoms with van der Waals surface area (Å²) in [6, 6.07) is 14.9. The monoisotopic (exact) mass is 554 g/mol. The number of hydrogen-bond donors (Lipinski definition) is 2. The molecule has 1 saturated carbocycles. The minimum absolute atomic E-state index is 0.000382. The van der Waals surface area contributed by atoms with Gasteiger partial charge in [-0.15, -0.1) is 0 Å². The second-order valence-electron chi connectivity index (χ2n) is 9.74. The molecule has 0 spiro atoms. The lowest BCUT2D eigenvalue weighted by Gasteiger charge is -2.12. The Morgan fingerprint density at radius 2 is 1.77 bits per heavy atom. The first-order chi connectivity index (χ1) is 18.7. The van der Waals surface area contributed by atoms with Gasteiger partial charge in [0.2, 0.25) is 5.91 Å². The van der Waals surface area contributed by atoms with Gasteiger partial charge < -0.3 is 10.6 Å². The molecule has 0 saturated heterocycles. The van der Waals surface area contributed by atoms with Gasteiger partial charge in [-0.2, -0.15) is 18.3 Å². The van der Waals surface area contributed by atoms with Crippen molar-refractivity contribution in [3.63, 3.8) is 0 Å². The molecule has 1 fully saturated rings. The van der Waals surface area contributed by atoms with Crippen molar-refractivity contribution in [2.24, 2.45) is 5.92 Å². The maximum atomic E-state index is 13.2. The highest BCUT2D eigenvalue weighted by Crippen LogP contribution is 2.31. The Hall–Kier alpha value is -3.85. The fraction of sp³-hybridized carbons (Fsp3) is 0.276. The van der Waals surface area contributed by atoms with Crippen LogP contribution in [0.5, 0.6) is 0 Å². The molecule has 39 heavy (non-hydrogen) atoms. The van der Waals surface area contributed by atoms with Gasteiger partial charge in [-0.3, -0.25) is 9.59 Å². The second kappa shape index (κ2) is 11.1. The van der Waals surface area contributed by atoms with Crippen molar-refractivity contribution >= 4 is 40.0 Å². The Morgan fingerprint density at radius 3 is 2.49 bits per heavy atom. The van der Waals surface area contributed by atoms with E-state index < -0.39 is 17.6 Å². The normalized spacial score (nSPS) is 14.1. The molecule has 3 aromatic carbocycles. The standard InChI is InChI=1S/C29H26ClF3N4O2/c30-24-13-8-19(16-34-27(38)15-18-4-1-2-5-18)14-22(24)28(39)36-25-6-3-7-26-23(25)17-35-37(26)21-11-9-20(10-12-21)29(31,32)33/h3,6-14,17-18H,1-2,4-5,15-16H2,(H,34,38)(H,36,39). The predicted octanol–water partition coefficient (Wildman–Crippen LogP) is 7.15. The van der Waals surface area contributed by atoms with Crippen LogP contribution < -0.4 is 10.6 Å². The number of halogens is 4. The quantitative estimate of drug-likeness (QED) is 0.255. The van der Waals surface area contributed by atoms with Crippen LogP contribution in [-0.4, -0.2) is 21.6 Å². The third-order valence-corrected chi connectivity index (χ3v) is 7.34. The van der Waals surface area contributed by atoms with Crippen molar-refractivity contribution < 1.29 is 22.8 Å². The van der Waals surface area contributed by atoms with Crippen LogP contribution in [0.25, 0.3) is 16.6 Å². The number of carbonyl (C=O) groups is 2. The maximum Gasteiger partial charge on any atom is 0.416 e. The van der Waals surface area contributed by atoms with Gasteiger partial charge in [-0.05, 0) is 72.9 Å². The van der Waals surface area contributed by atoms with Gasteiger partial charge in [0, 0.05) is 18.4 Å². The van der Waals surface area contributed by atoms with Crippen LogP contribution in [0, 0.1) is 5.92 Å². The smallest absolute Gasteiger partial charge is 0.352 e. The zero-order chi connectivity index (χ0) is 27.6. The summed E-state index contributed by atoms with van der Waals surface area (Å²) in [6.07, 6.45) is 2.17. The third kappa shape index (κ3) is 6.09. The molecule has 1 aliphatic carbocycles. The Bertz CT molecular complexity index is 1510. The van der Waals surface area contributed by atoms with Crippen LogP contribution >= 0.6 is 11.6 Å². The Balaban J connectivity index is 1.31. The average Bonchev–Trinajstić information content (AvgIpc) is 3.58. The lowest BCUT2D eigenvalue weighted by molar-refractivity contribution is -0.137. The summed E-state index contributed by atoms with van der Waals surface area (Å²) in [4.78, 5) is 25.5. The third-order valence-electron chi connectivity index (χ3n) is 7.01. The van der Waals surface area contributed by atoms with Crippen molar-refractivity contribution in [1.82, 2.24) is 15.1 Å². The highest BCUT2D eigenvalue weighted by molar-refractivity contribution is 6.34. The number of benzene rings is 3. The van der Waals surface area contributed by atoms with Crippen LogP contribution in [0.3, 0.4) is 0 Å². The first-order valence-electron chi connectivity index (χ1n) is 12.7. The number of alkyl halides is 3. The molecule has 1 aliphatic rings. The summed E-state index contributed by atoms with van der Waals surface area (Å²) in [5, 5.41) is 11.0. The van der Waals surface area contributed by atoms with Crippen LogP contribution in [0.4, 0.5) is 18.9 Å². The summed E-state index contributed by atoms with van der Waals surface area (Å²) in [5.74, 6) is 0.0105. The number of anilines is 1. The largest absolute Gasteiger partial charge is 0.416 e. The van der Waals surface area contributed by atoms with Gasteiger partial charge in [0.05, 0.1) is 39.2 Å². The number of amides is 2. The van der Waals surface area contributed by atoms with Crippen molar-refractivity contribution in [3.05, 3.63) is 88.6 Å². The molecule has 1 heterocycles. The molecule has 5 rings (SSSR count). The highest BCUT2D eigenvalue weighted by atomic mass is 35.5. The highest BCUT2D eigenvalue weighted by Gasteiger charge is 2.30. The minimum atomic E-state index is -4.43. The van der Waals surface area contributed by atoms with Crippen LogP contribution in [0.1, 0.15) is 53.6 Å². The summed E-state index contributed by atoms with van der Waals surface area (Å²) in [7, 11) is 0. The first kappa shape index (κ1) is 26.7. The molecule has 6 nitrogen and oxygen atoms in total. The van der Waals surface area contributed by atoms with Crippen LogP contribution in [0.2, 0.25) is 5.02 Å². The molecule has 0 radical (unpaired) electrons. The molecule has 202 valence electrons. The summed E-state index contributed by atoms with van der Waals surface area (Å²) in [6.45, 7) is 0.290. The number of nitrogens with one attached hydrogen (secondary N) is 2. The van der Waals surface area contributed by atoms with Gasteiger partial charge in [0.25, 0.3) is 5.91 Å². The van der Waals surface area contributed by atoms with Crippen molar-refractivity contribution in [3.8, 4) is 5.69 Å². The molecule has 1 aromatic heterocycles. The zero-order valence-electron chi connectivity index (χ0n) is 20.9. The Labute approximate surface area is 228 Å². The van der Waals surface area contributed by atoms with Gasteiger partial charge in [0.15, 0.2) is 0 Å². The van der Waals surface area contributed by atoms with Gasteiger partial charge in [0.1, 0.15) is 0 Å². The fourth-order valence-electron chi connectivity index (χ4n) is 4.95. The number of carbonyl (C=O) groups excluding carboxylic acids is 2. The molecule has 2 N–H and O–H groups in total. The van der Waals surface area contributed by atoms with Gasteiger partial charge in [-0.1, -0.05) is 36.6 Å². The van der Waals surface area contributed by atoms with E-state index in [0.29, 0.717) is 41.2 Å². The van der Waals surface area contributed by atoms with Crippen LogP contribution in [-0.2, 0) is 17.5 Å². The van der Waals surface area contributed by atoms with E-state index in [4.69, 9.17) is 11.6 Å². The number of rotatable bonds is 7. The molecule has 0 bridgehead atoms. The molecule has 4 aromatic rings. The summed E-state index contributed by atoms with van der Waals surface area (Å²) in [5.41, 5.74) is 1.79. The van der Waals surface area contributed by atoms with E-state index in [1.54, 1.807) is 42.6 Å². The van der Waals surface area contributed by atoms with E-state index in [1.807, 2.05) is 0 Å². The van der Waals surface area contributed by atoms with E-state index in [-0.39, 0.29) is 16.5 Å². The predicted molar refractivity (Wildman–Crippen MR) is 144 cm³/mol. The number of hydrogen-bond acceptors (Lipinski definition) is 3. The topological polar surface area (TPSA) is 76.0 Å². The lowest BCUT2D eigenvalue weighted by atomic mass is 10.0. The fourth-order valence-corrected chi connectivity index (χ4v) is 5.16. The molecule has 0 aliphatic heterocycles. The minimum Gasteiger partial charge on any atom is -0.352 e. The number of nitrogens with zero attached hydrogens (tertiary/aromatic N) is 2. The SMILES string of the molecule is O=C(CC1CCCC1)NCc1ccc(Cl)c(C(=O)Nc2cccc3c2cnn3-c2ccc(C(F)(F)F)cc2)c1. The molecule has 10 heteroatoms. The summed E-state index contributed by atoms with van der Waals surface area (Å²) >= 11 is 6.34. The van der Waals surface area contributed by atoms with Crippen LogP contribution in [0.15, 0.2) is 66.9 Å². The molecule has 0 unspecified atom stereocenters. The van der Waals surface area contributed by atoms with E-state index in [2.05, 4.69) is 15.7 Å². The van der Waals surface area contributed by atoms with Crippen molar-refractivity contribution in [2.75, 3.05) is 5.32 Å². The van der Waals surface area contributed by atoms with Crippen molar-refractivity contribution in [2.45, 2.75) is 44.8 Å². The Morgan fingerprint density at radius 1 is 1.03 bits per heavy atom. The van der Waals surface area contributed by atoms with E-state index in [1.165, 1.54) is 29.7 Å². The first-order valence-corrected chi connectivity index (χ1v) is 13.1. The van der Waals surface area contributed by atoms with Gasteiger partial charge in [-0.25, -0.2) is 4.68 Å². The van der Waals surface area contributed by atoms with E-state index in [9.17, 15) is 22.8 Å². The Kier molecular flexibility index (Phi) is 7.61. The van der Waals surface area contributed by atoms with E-state index in [0.717, 1.165) is 30.5 Å². The molecule has 0 atom stereocenters. The molecular weight excluding hydrogens is 529 g/mol. The average molecular weight is 555 g/mol. The van der Waals surface area contributed by atoms with Crippen molar-refractivity contribution in [1.29, 1.82) is 0 Å². The summed E-state index contributed by atoms with van der Waals surface area (Å²) < 4.78 is 40.3. The zero-order valence-corrected chi connectivity index (χ0v) is 21.6. The molecule has 2 amide bonds. The molecular formula is C29H26ClF3N4O2.